The zero-order chi connectivity index (χ0) is 15.2. The van der Waals surface area contributed by atoms with Crippen molar-refractivity contribution in [2.45, 2.75) is 51.3 Å². The van der Waals surface area contributed by atoms with Gasteiger partial charge in [0.15, 0.2) is 0 Å². The van der Waals surface area contributed by atoms with Crippen molar-refractivity contribution in [2.24, 2.45) is 5.41 Å². The Hall–Kier alpha value is -1.46. The van der Waals surface area contributed by atoms with Gasteiger partial charge in [-0.2, -0.15) is 0 Å². The Morgan fingerprint density at radius 1 is 1.45 bits per heavy atom. The molecule has 5 heteroatoms. The monoisotopic (exact) mass is 300 g/mol. The van der Waals surface area contributed by atoms with E-state index in [1.54, 1.807) is 6.20 Å². The molecule has 22 heavy (non-hydrogen) atoms. The van der Waals surface area contributed by atoms with Crippen molar-refractivity contribution < 1.29 is 4.74 Å². The lowest BCUT2D eigenvalue weighted by Crippen LogP contribution is -2.66. The van der Waals surface area contributed by atoms with E-state index in [1.807, 2.05) is 16.7 Å². The van der Waals surface area contributed by atoms with Crippen molar-refractivity contribution >= 4 is 5.78 Å². The molecule has 0 N–H and O–H groups in total. The van der Waals surface area contributed by atoms with Crippen molar-refractivity contribution in [3.63, 3.8) is 0 Å². The van der Waals surface area contributed by atoms with Gasteiger partial charge in [0.25, 0.3) is 0 Å². The van der Waals surface area contributed by atoms with Gasteiger partial charge in [0.1, 0.15) is 0 Å². The summed E-state index contributed by atoms with van der Waals surface area (Å²) in [5.74, 6) is 0.782. The molecular weight excluding hydrogens is 276 g/mol. The highest BCUT2D eigenvalue weighted by Gasteiger charge is 2.59. The van der Waals surface area contributed by atoms with Crippen LogP contribution in [-0.4, -0.2) is 45.1 Å². The minimum Gasteiger partial charge on any atom is -0.378 e. The number of ether oxygens (including phenoxy) is 1. The van der Waals surface area contributed by atoms with Crippen molar-refractivity contribution in [1.82, 2.24) is 19.3 Å². The van der Waals surface area contributed by atoms with Crippen molar-refractivity contribution in [3.05, 3.63) is 30.4 Å². The number of hydrogen-bond donors (Lipinski definition) is 0. The van der Waals surface area contributed by atoms with Crippen LogP contribution in [0.15, 0.2) is 24.7 Å². The number of imidazole rings is 1. The maximum Gasteiger partial charge on any atom is 0.233 e. The largest absolute Gasteiger partial charge is 0.378 e. The quantitative estimate of drug-likeness (QED) is 0.851. The van der Waals surface area contributed by atoms with Gasteiger partial charge in [-0.15, -0.1) is 0 Å². The fraction of sp³-hybridized carbons (Fsp3) is 0.647. The van der Waals surface area contributed by atoms with Crippen LogP contribution in [-0.2, 0) is 11.3 Å². The molecule has 1 spiro atoms. The second-order valence-corrected chi connectivity index (χ2v) is 6.76. The first kappa shape index (κ1) is 14.2. The molecule has 0 radical (unpaired) electrons. The Kier molecular flexibility index (Phi) is 3.42. The standard InChI is InChI=1S/C17H24N4O/c1-3-22-15-10-14(17(15)6-4-7-17)20(2)11-13-12-21-9-5-8-18-16(21)19-13/h5,8-9,12,14-15H,3-4,6-7,10-11H2,1-2H3/t14-,15+/m0/s1. The smallest absolute Gasteiger partial charge is 0.233 e. The molecule has 2 saturated carbocycles. The molecule has 0 saturated heterocycles. The molecule has 0 amide bonds. The Bertz CT molecular complexity index is 630. The molecule has 2 atom stereocenters. The Morgan fingerprint density at radius 2 is 2.32 bits per heavy atom. The van der Waals surface area contributed by atoms with Crippen molar-refractivity contribution in [3.8, 4) is 0 Å². The molecule has 5 nitrogen and oxygen atoms in total. The highest BCUT2D eigenvalue weighted by atomic mass is 16.5. The number of nitrogens with zero attached hydrogens (tertiary/aromatic N) is 4. The molecule has 2 heterocycles. The summed E-state index contributed by atoms with van der Waals surface area (Å²) in [4.78, 5) is 11.4. The Morgan fingerprint density at radius 3 is 3.00 bits per heavy atom. The van der Waals surface area contributed by atoms with Crippen LogP contribution in [0.4, 0.5) is 0 Å². The van der Waals surface area contributed by atoms with Crippen LogP contribution < -0.4 is 0 Å². The van der Waals surface area contributed by atoms with Gasteiger partial charge in [-0.1, -0.05) is 6.42 Å². The highest BCUT2D eigenvalue weighted by Crippen LogP contribution is 2.59. The maximum atomic E-state index is 5.96. The van der Waals surface area contributed by atoms with Crippen LogP contribution >= 0.6 is 0 Å². The van der Waals surface area contributed by atoms with Gasteiger partial charge in [-0.05, 0) is 39.3 Å². The normalized spacial score (nSPS) is 26.3. The Labute approximate surface area is 131 Å². The summed E-state index contributed by atoms with van der Waals surface area (Å²) < 4.78 is 7.95. The molecule has 0 aliphatic heterocycles. The minimum atomic E-state index is 0.419. The van der Waals surface area contributed by atoms with Gasteiger partial charge in [-0.3, -0.25) is 9.30 Å². The topological polar surface area (TPSA) is 42.7 Å². The fourth-order valence-corrected chi connectivity index (χ4v) is 4.34. The number of fused-ring (bicyclic) bond motifs is 1. The van der Waals surface area contributed by atoms with Gasteiger partial charge in [0.05, 0.1) is 11.8 Å². The van der Waals surface area contributed by atoms with Crippen LogP contribution in [0.5, 0.6) is 0 Å². The van der Waals surface area contributed by atoms with E-state index in [9.17, 15) is 0 Å². The summed E-state index contributed by atoms with van der Waals surface area (Å²) in [6.45, 7) is 3.82. The lowest BCUT2D eigenvalue weighted by atomic mass is 9.50. The van der Waals surface area contributed by atoms with Gasteiger partial charge >= 0.3 is 0 Å². The zero-order valence-corrected chi connectivity index (χ0v) is 13.4. The predicted molar refractivity (Wildman–Crippen MR) is 84.6 cm³/mol. The second-order valence-electron chi connectivity index (χ2n) is 6.76. The average Bonchev–Trinajstić information content (AvgIpc) is 2.83. The average molecular weight is 300 g/mol. The van der Waals surface area contributed by atoms with E-state index in [4.69, 9.17) is 4.74 Å². The van der Waals surface area contributed by atoms with Crippen LogP contribution in [0, 0.1) is 5.41 Å². The first-order valence-electron chi connectivity index (χ1n) is 8.33. The number of aromatic nitrogens is 3. The third-order valence-corrected chi connectivity index (χ3v) is 5.62. The molecule has 2 fully saturated rings. The summed E-state index contributed by atoms with van der Waals surface area (Å²) >= 11 is 0. The maximum absolute atomic E-state index is 5.96. The summed E-state index contributed by atoms with van der Waals surface area (Å²) in [6, 6.07) is 2.57. The lowest BCUT2D eigenvalue weighted by molar-refractivity contribution is -0.201. The van der Waals surface area contributed by atoms with Gasteiger partial charge < -0.3 is 4.74 Å². The van der Waals surface area contributed by atoms with Gasteiger partial charge in [-0.25, -0.2) is 9.97 Å². The highest BCUT2D eigenvalue weighted by molar-refractivity contribution is 5.29. The van der Waals surface area contributed by atoms with Gasteiger partial charge in [0.2, 0.25) is 5.78 Å². The molecule has 0 unspecified atom stereocenters. The van der Waals surface area contributed by atoms with Crippen LogP contribution in [0.25, 0.3) is 5.78 Å². The summed E-state index contributed by atoms with van der Waals surface area (Å²) in [5.41, 5.74) is 1.51. The van der Waals surface area contributed by atoms with E-state index in [-0.39, 0.29) is 0 Å². The van der Waals surface area contributed by atoms with E-state index in [1.165, 1.54) is 19.3 Å². The van der Waals surface area contributed by atoms with Crippen LogP contribution in [0.3, 0.4) is 0 Å². The van der Waals surface area contributed by atoms with Crippen LogP contribution in [0.2, 0.25) is 0 Å². The van der Waals surface area contributed by atoms with Gasteiger partial charge in [0, 0.05) is 43.2 Å². The third-order valence-electron chi connectivity index (χ3n) is 5.62. The number of hydrogen-bond acceptors (Lipinski definition) is 4. The van der Waals surface area contributed by atoms with Crippen LogP contribution in [0.1, 0.15) is 38.3 Å². The summed E-state index contributed by atoms with van der Waals surface area (Å²) in [5, 5.41) is 0. The minimum absolute atomic E-state index is 0.419. The second kappa shape index (κ2) is 5.32. The molecule has 118 valence electrons. The van der Waals surface area contributed by atoms with E-state index in [0.29, 0.717) is 17.6 Å². The molecule has 2 aliphatic carbocycles. The fourth-order valence-electron chi connectivity index (χ4n) is 4.34. The Balaban J connectivity index is 1.47. The molecule has 2 aromatic heterocycles. The van der Waals surface area contributed by atoms with Crippen molar-refractivity contribution in [2.75, 3.05) is 13.7 Å². The molecule has 0 aromatic carbocycles. The summed E-state index contributed by atoms with van der Waals surface area (Å²) in [6.07, 6.45) is 11.5. The van der Waals surface area contributed by atoms with E-state index in [2.05, 4.69) is 35.0 Å². The first-order valence-corrected chi connectivity index (χ1v) is 8.33. The van der Waals surface area contributed by atoms with E-state index >= 15 is 0 Å². The SMILES string of the molecule is CCO[C@@H]1C[C@H](N(C)Cc2cn3cccnc3n2)C12CCC2. The first-order chi connectivity index (χ1) is 10.7. The molecule has 2 aliphatic rings. The predicted octanol–water partition coefficient (Wildman–Crippen LogP) is 2.51. The van der Waals surface area contributed by atoms with E-state index < -0.39 is 0 Å². The number of rotatable bonds is 5. The molecule has 0 bridgehead atoms. The molecule has 2 aromatic rings. The molecule has 4 rings (SSSR count). The van der Waals surface area contributed by atoms with Crippen molar-refractivity contribution in [1.29, 1.82) is 0 Å². The lowest BCUT2D eigenvalue weighted by Gasteiger charge is -2.63. The van der Waals surface area contributed by atoms with E-state index in [0.717, 1.165) is 31.0 Å². The third kappa shape index (κ3) is 2.07. The summed E-state index contributed by atoms with van der Waals surface area (Å²) in [7, 11) is 2.23. The molecular formula is C17H24N4O. The zero-order valence-electron chi connectivity index (χ0n) is 13.4.